The summed E-state index contributed by atoms with van der Waals surface area (Å²) in [5.74, 6) is 2.90. The fraction of sp³-hybridized carbons (Fsp3) is 1.00. The molecule has 0 aliphatic heterocycles. The van der Waals surface area contributed by atoms with E-state index in [4.69, 9.17) is 0 Å². The second kappa shape index (κ2) is 16.7. The van der Waals surface area contributed by atoms with Gasteiger partial charge in [-0.2, -0.15) is 0 Å². The van der Waals surface area contributed by atoms with Crippen LogP contribution in [0.15, 0.2) is 0 Å². The molecular formula is C16H36MgN2. The van der Waals surface area contributed by atoms with Crippen LogP contribution in [0.5, 0.6) is 0 Å². The third-order valence-electron chi connectivity index (χ3n) is 1.98. The molecule has 0 atom stereocenters. The van der Waals surface area contributed by atoms with Crippen LogP contribution >= 0.6 is 0 Å². The van der Waals surface area contributed by atoms with E-state index in [0.29, 0.717) is 0 Å². The summed E-state index contributed by atoms with van der Waals surface area (Å²) >= 11 is 0. The van der Waals surface area contributed by atoms with Gasteiger partial charge in [-0.05, 0) is 0 Å². The van der Waals surface area contributed by atoms with Crippen molar-refractivity contribution in [3.63, 3.8) is 0 Å². The molecule has 0 bridgehead atoms. The molecule has 0 saturated heterocycles. The minimum absolute atomic E-state index is 0. The molecule has 2 nitrogen and oxygen atoms in total. The smallest absolute Gasteiger partial charge is 0.662 e. The normalized spacial score (nSPS) is 10.7. The minimum Gasteiger partial charge on any atom is -0.662 e. The second-order valence-corrected chi connectivity index (χ2v) is 6.75. The van der Waals surface area contributed by atoms with E-state index in [1.807, 2.05) is 0 Å². The number of hydrogen-bond acceptors (Lipinski definition) is 0. The summed E-state index contributed by atoms with van der Waals surface area (Å²) in [6.45, 7) is 21.7. The predicted octanol–water partition coefficient (Wildman–Crippen LogP) is 4.96. The molecule has 0 spiro atoms. The van der Waals surface area contributed by atoms with Gasteiger partial charge in [-0.3, -0.25) is 0 Å². The number of nitrogens with zero attached hydrogens (tertiary/aromatic N) is 2. The molecule has 0 aromatic heterocycles. The van der Waals surface area contributed by atoms with Crippen LogP contribution < -0.4 is 0 Å². The van der Waals surface area contributed by atoms with Gasteiger partial charge in [0.05, 0.1) is 0 Å². The third kappa shape index (κ3) is 32.3. The first-order valence-electron chi connectivity index (χ1n) is 7.52. The molecule has 0 radical (unpaired) electrons. The Morgan fingerprint density at radius 1 is 0.474 bits per heavy atom. The number of hydrogen-bond donors (Lipinski definition) is 0. The Bertz CT molecular complexity index is 123. The average molecular weight is 281 g/mol. The van der Waals surface area contributed by atoms with Crippen molar-refractivity contribution in [2.75, 3.05) is 26.2 Å². The molecule has 3 heteroatoms. The molecule has 0 aliphatic carbocycles. The van der Waals surface area contributed by atoms with Gasteiger partial charge in [0, 0.05) is 0 Å². The summed E-state index contributed by atoms with van der Waals surface area (Å²) in [6, 6.07) is 0. The zero-order chi connectivity index (χ0) is 14.6. The van der Waals surface area contributed by atoms with Crippen LogP contribution in [0.1, 0.15) is 55.4 Å². The van der Waals surface area contributed by atoms with Crippen molar-refractivity contribution in [1.29, 1.82) is 0 Å². The summed E-state index contributed by atoms with van der Waals surface area (Å²) in [7, 11) is 0. The summed E-state index contributed by atoms with van der Waals surface area (Å²) in [4.78, 5) is 0. The quantitative estimate of drug-likeness (QED) is 0.562. The summed E-state index contributed by atoms with van der Waals surface area (Å²) in [5, 5.41) is 8.74. The van der Waals surface area contributed by atoms with E-state index in [2.05, 4.69) is 66.0 Å². The van der Waals surface area contributed by atoms with Crippen molar-refractivity contribution in [3.8, 4) is 0 Å². The Kier molecular flexibility index (Phi) is 21.8. The van der Waals surface area contributed by atoms with Crippen molar-refractivity contribution >= 4 is 23.1 Å². The molecule has 0 aliphatic rings. The van der Waals surface area contributed by atoms with E-state index in [1.165, 1.54) is 0 Å². The molecule has 0 amide bonds. The van der Waals surface area contributed by atoms with E-state index in [0.717, 1.165) is 49.9 Å². The Balaban J connectivity index is -0.000000256. The van der Waals surface area contributed by atoms with Crippen molar-refractivity contribution in [2.24, 2.45) is 23.7 Å². The van der Waals surface area contributed by atoms with Crippen molar-refractivity contribution in [3.05, 3.63) is 10.6 Å². The zero-order valence-electron chi connectivity index (χ0n) is 14.7. The molecule has 0 fully saturated rings. The van der Waals surface area contributed by atoms with Crippen LogP contribution in [0.2, 0.25) is 0 Å². The van der Waals surface area contributed by atoms with Crippen LogP contribution in [-0.2, 0) is 0 Å². The van der Waals surface area contributed by atoms with Crippen LogP contribution in [0.4, 0.5) is 0 Å². The molecular weight excluding hydrogens is 244 g/mol. The van der Waals surface area contributed by atoms with E-state index < -0.39 is 0 Å². The monoisotopic (exact) mass is 280 g/mol. The van der Waals surface area contributed by atoms with Gasteiger partial charge in [0.2, 0.25) is 0 Å². The van der Waals surface area contributed by atoms with Gasteiger partial charge < -0.3 is 10.6 Å². The van der Waals surface area contributed by atoms with Crippen LogP contribution in [0.25, 0.3) is 10.6 Å². The first kappa shape index (κ1) is 24.7. The topological polar surface area (TPSA) is 28.2 Å². The Morgan fingerprint density at radius 3 is 0.737 bits per heavy atom. The van der Waals surface area contributed by atoms with Gasteiger partial charge >= 0.3 is 23.1 Å². The molecule has 112 valence electrons. The molecule has 0 aromatic rings. The molecule has 19 heavy (non-hydrogen) atoms. The zero-order valence-corrected chi connectivity index (χ0v) is 16.2. The molecule has 0 heterocycles. The Morgan fingerprint density at radius 2 is 0.632 bits per heavy atom. The van der Waals surface area contributed by atoms with E-state index in [9.17, 15) is 0 Å². The van der Waals surface area contributed by atoms with Gasteiger partial charge in [0.1, 0.15) is 0 Å². The largest absolute Gasteiger partial charge is 2.00 e. The van der Waals surface area contributed by atoms with E-state index in [1.54, 1.807) is 0 Å². The van der Waals surface area contributed by atoms with Crippen molar-refractivity contribution in [1.82, 2.24) is 0 Å². The first-order valence-corrected chi connectivity index (χ1v) is 7.52. The maximum atomic E-state index is 4.37. The third-order valence-corrected chi connectivity index (χ3v) is 1.98. The molecule has 0 N–H and O–H groups in total. The summed E-state index contributed by atoms with van der Waals surface area (Å²) in [6.07, 6.45) is 0. The van der Waals surface area contributed by atoms with Crippen LogP contribution in [-0.4, -0.2) is 49.2 Å². The standard InChI is InChI=1S/2C8H18N.Mg/c2*1-7(2)5-9-6-8(3)4;/h2*7-8H,5-6H2,1-4H3;/q2*-1;+2. The van der Waals surface area contributed by atoms with E-state index in [-0.39, 0.29) is 23.1 Å². The van der Waals surface area contributed by atoms with Gasteiger partial charge in [0.15, 0.2) is 0 Å². The summed E-state index contributed by atoms with van der Waals surface area (Å²) in [5.41, 5.74) is 0. The maximum Gasteiger partial charge on any atom is 2.00 e. The van der Waals surface area contributed by atoms with Gasteiger partial charge in [-0.25, -0.2) is 0 Å². The molecule has 0 unspecified atom stereocenters. The van der Waals surface area contributed by atoms with Crippen molar-refractivity contribution in [2.45, 2.75) is 55.4 Å². The number of rotatable bonds is 8. The molecule has 0 aromatic carbocycles. The van der Waals surface area contributed by atoms with Crippen molar-refractivity contribution < 1.29 is 0 Å². The minimum atomic E-state index is 0. The van der Waals surface area contributed by atoms with Crippen LogP contribution in [0.3, 0.4) is 0 Å². The predicted molar refractivity (Wildman–Crippen MR) is 91.3 cm³/mol. The Hall–Kier alpha value is 0.686. The maximum absolute atomic E-state index is 4.37. The second-order valence-electron chi connectivity index (χ2n) is 6.75. The van der Waals surface area contributed by atoms with Crippen LogP contribution in [0, 0.1) is 23.7 Å². The van der Waals surface area contributed by atoms with E-state index >= 15 is 0 Å². The SMILES string of the molecule is CC(C)C[N-]CC(C)C.CC(C)C[N-]CC(C)C.[Mg+2]. The Labute approximate surface area is 139 Å². The first-order chi connectivity index (χ1) is 8.25. The summed E-state index contributed by atoms with van der Waals surface area (Å²) < 4.78 is 0. The molecule has 0 saturated carbocycles. The average Bonchev–Trinajstić information content (AvgIpc) is 2.15. The molecule has 0 rings (SSSR count). The van der Waals surface area contributed by atoms with Gasteiger partial charge in [0.25, 0.3) is 0 Å². The fourth-order valence-corrected chi connectivity index (χ4v) is 1.18. The fourth-order valence-electron chi connectivity index (χ4n) is 1.18. The van der Waals surface area contributed by atoms with Gasteiger partial charge in [-0.15, -0.1) is 26.2 Å². The van der Waals surface area contributed by atoms with Gasteiger partial charge in [-0.1, -0.05) is 79.1 Å².